The van der Waals surface area contributed by atoms with E-state index in [0.29, 0.717) is 10.8 Å². The number of rotatable bonds is 10. The lowest BCUT2D eigenvalue weighted by Crippen LogP contribution is -2.59. The number of carbonyl (C=O) groups is 2. The summed E-state index contributed by atoms with van der Waals surface area (Å²) in [4.78, 5) is 34.0. The first-order valence-electron chi connectivity index (χ1n) is 16.1. The van der Waals surface area contributed by atoms with Gasteiger partial charge in [-0.3, -0.25) is 0 Å². The van der Waals surface area contributed by atoms with Crippen molar-refractivity contribution in [3.05, 3.63) is 96.1 Å². The minimum atomic E-state index is -2.11. The predicted molar refractivity (Wildman–Crippen MR) is 199 cm³/mol. The predicted octanol–water partition coefficient (Wildman–Crippen LogP) is 8.93. The van der Waals surface area contributed by atoms with Crippen molar-refractivity contribution in [3.8, 4) is 0 Å². The second-order valence-corrected chi connectivity index (χ2v) is 37.5. The quantitative estimate of drug-likeness (QED) is 0.161. The third-order valence-electron chi connectivity index (χ3n) is 9.91. The van der Waals surface area contributed by atoms with E-state index in [0.717, 1.165) is 11.4 Å². The number of benzene rings is 3. The molecule has 2 aliphatic rings. The van der Waals surface area contributed by atoms with Crippen LogP contribution in [-0.2, 0) is 9.59 Å². The molecule has 2 fully saturated rings. The van der Waals surface area contributed by atoms with E-state index < -0.39 is 42.6 Å². The highest BCUT2D eigenvalue weighted by Gasteiger charge is 2.76. The maximum atomic E-state index is 14.5. The van der Waals surface area contributed by atoms with Crippen LogP contribution in [0.25, 0.3) is 0 Å². The van der Waals surface area contributed by atoms with Gasteiger partial charge in [0, 0.05) is 11.4 Å². The van der Waals surface area contributed by atoms with Crippen molar-refractivity contribution in [2.24, 2.45) is 0 Å². The molecule has 0 bridgehead atoms. The van der Waals surface area contributed by atoms with E-state index in [1.54, 1.807) is 0 Å². The fourth-order valence-electron chi connectivity index (χ4n) is 7.94. The molecule has 3 aromatic carbocycles. The van der Waals surface area contributed by atoms with Crippen LogP contribution in [0.2, 0.25) is 78.6 Å². The second kappa shape index (κ2) is 10.5. The summed E-state index contributed by atoms with van der Waals surface area (Å²) in [5, 5.41) is 0.00801. The highest BCUT2D eigenvalue weighted by molar-refractivity contribution is 7.10. The van der Waals surface area contributed by atoms with E-state index >= 15 is 0 Å². The van der Waals surface area contributed by atoms with Gasteiger partial charge in [-0.15, -0.1) is 0 Å². The lowest BCUT2D eigenvalue weighted by Gasteiger charge is -2.34. The van der Waals surface area contributed by atoms with Crippen molar-refractivity contribution in [1.29, 1.82) is 0 Å². The largest absolute Gasteiger partial charge is 0.350 e. The molecule has 44 heavy (non-hydrogen) atoms. The third kappa shape index (κ3) is 4.87. The Morgan fingerprint density at radius 1 is 0.477 bits per heavy atom. The lowest BCUT2D eigenvalue weighted by atomic mass is 10.0. The zero-order valence-electron chi connectivity index (χ0n) is 28.9. The summed E-state index contributed by atoms with van der Waals surface area (Å²) in [5.41, 5.74) is 4.67. The topological polar surface area (TPSA) is 40.2 Å². The van der Waals surface area contributed by atoms with E-state index in [1.807, 2.05) is 12.1 Å². The average Bonchev–Trinajstić information content (AvgIpc) is 3.82. The summed E-state index contributed by atoms with van der Waals surface area (Å²) < 4.78 is 0. The van der Waals surface area contributed by atoms with Crippen LogP contribution in [0.15, 0.2) is 84.9 Å². The standard InChI is InChI=1S/C36H52N2O2Si4/c1-41(2,3)33(39)35(43(7,8)9)31(37(35)29-19-15-13-16-20-29)27-23-25-28(26-24-27)32-36(44(10,11)12,34(40)42(4,5)6)38(32)30-21-17-14-18-22-30/h13-26,31-32H,1-12H3. The molecule has 4 unspecified atom stereocenters. The van der Waals surface area contributed by atoms with Gasteiger partial charge in [0.1, 0.15) is 37.3 Å². The Kier molecular flexibility index (Phi) is 7.84. The van der Waals surface area contributed by atoms with Gasteiger partial charge >= 0.3 is 0 Å². The molecule has 0 spiro atoms. The van der Waals surface area contributed by atoms with Gasteiger partial charge in [0.2, 0.25) is 0 Å². The number of carbonyl (C=O) groups excluding carboxylic acids is 2. The lowest BCUT2D eigenvalue weighted by molar-refractivity contribution is -0.114. The first-order valence-corrected chi connectivity index (χ1v) is 30.1. The molecule has 0 radical (unpaired) electrons. The van der Waals surface area contributed by atoms with Crippen molar-refractivity contribution in [1.82, 2.24) is 0 Å². The van der Waals surface area contributed by atoms with E-state index in [4.69, 9.17) is 0 Å². The van der Waals surface area contributed by atoms with Crippen molar-refractivity contribution < 1.29 is 9.59 Å². The number of anilines is 2. The monoisotopic (exact) mass is 656 g/mol. The molecule has 5 rings (SSSR count). The van der Waals surface area contributed by atoms with Crippen LogP contribution >= 0.6 is 0 Å². The Morgan fingerprint density at radius 3 is 0.977 bits per heavy atom. The smallest absolute Gasteiger partial charge is 0.135 e. The van der Waals surface area contributed by atoms with Gasteiger partial charge in [0.05, 0.1) is 28.2 Å². The van der Waals surface area contributed by atoms with Crippen LogP contribution in [-0.4, -0.2) is 53.4 Å². The zero-order chi connectivity index (χ0) is 32.7. The molecule has 2 aliphatic heterocycles. The summed E-state index contributed by atoms with van der Waals surface area (Å²) in [5.74, 6) is 0. The van der Waals surface area contributed by atoms with Crippen LogP contribution in [0.3, 0.4) is 0 Å². The van der Waals surface area contributed by atoms with Gasteiger partial charge in [-0.25, -0.2) is 0 Å². The number of nitrogens with zero attached hydrogens (tertiary/aromatic N) is 2. The molecule has 0 saturated carbocycles. The van der Waals surface area contributed by atoms with Gasteiger partial charge < -0.3 is 19.4 Å². The summed E-state index contributed by atoms with van der Waals surface area (Å²) in [6.45, 7) is 27.4. The molecule has 2 heterocycles. The zero-order valence-corrected chi connectivity index (χ0v) is 32.9. The van der Waals surface area contributed by atoms with Crippen molar-refractivity contribution >= 4 is 54.5 Å². The van der Waals surface area contributed by atoms with Crippen molar-refractivity contribution in [2.45, 2.75) is 101 Å². The first kappa shape index (κ1) is 32.8. The molecular weight excluding hydrogens is 605 g/mol. The highest BCUT2D eigenvalue weighted by atomic mass is 28.3. The molecule has 3 aromatic rings. The molecule has 0 N–H and O–H groups in total. The van der Waals surface area contributed by atoms with Crippen molar-refractivity contribution in [3.63, 3.8) is 0 Å². The Balaban J connectivity index is 1.63. The minimum Gasteiger partial charge on any atom is -0.350 e. The van der Waals surface area contributed by atoms with E-state index in [9.17, 15) is 9.59 Å². The number of hydrogen-bond acceptors (Lipinski definition) is 4. The fourth-order valence-corrected chi connectivity index (χ4v) is 20.7. The molecule has 234 valence electrons. The first-order chi connectivity index (χ1) is 20.2. The van der Waals surface area contributed by atoms with Gasteiger partial charge in [0.15, 0.2) is 0 Å². The summed E-state index contributed by atoms with van der Waals surface area (Å²) in [7, 11) is -8.28. The fraction of sp³-hybridized carbons (Fsp3) is 0.444. The third-order valence-corrected chi connectivity index (χ3v) is 20.0. The number of para-hydroxylation sites is 2. The highest BCUT2D eigenvalue weighted by Crippen LogP contribution is 2.64. The Labute approximate surface area is 269 Å². The normalized spacial score (nSPS) is 25.5. The van der Waals surface area contributed by atoms with Crippen LogP contribution in [0, 0.1) is 0 Å². The molecule has 0 aromatic heterocycles. The summed E-state index contributed by atoms with van der Waals surface area (Å²) in [6, 6.07) is 30.2. The molecule has 4 nitrogen and oxygen atoms in total. The van der Waals surface area contributed by atoms with Crippen LogP contribution < -0.4 is 9.80 Å². The van der Waals surface area contributed by atoms with E-state index in [1.165, 1.54) is 11.1 Å². The Hall–Kier alpha value is -2.53. The average molecular weight is 657 g/mol. The Morgan fingerprint density at radius 2 is 0.750 bits per heavy atom. The van der Waals surface area contributed by atoms with E-state index in [2.05, 4.69) is 161 Å². The van der Waals surface area contributed by atoms with Gasteiger partial charge in [-0.2, -0.15) is 0 Å². The van der Waals surface area contributed by atoms with Gasteiger partial charge in [0.25, 0.3) is 0 Å². The van der Waals surface area contributed by atoms with Crippen LogP contribution in [0.5, 0.6) is 0 Å². The van der Waals surface area contributed by atoms with Crippen molar-refractivity contribution in [2.75, 3.05) is 9.80 Å². The SMILES string of the molecule is C[Si](C)(C)C(=O)C1([Si](C)(C)C)C(c2ccc(C3N(c4ccccc4)C3(C(=O)[Si](C)(C)C)[Si](C)(C)C)cc2)N1c1ccccc1. The number of hydrogen-bond donors (Lipinski definition) is 0. The molecule has 4 atom stereocenters. The van der Waals surface area contributed by atoms with Crippen LogP contribution in [0.4, 0.5) is 11.4 Å². The summed E-state index contributed by atoms with van der Waals surface area (Å²) >= 11 is 0. The summed E-state index contributed by atoms with van der Waals surface area (Å²) in [6.07, 6.45) is 0. The Bertz CT molecular complexity index is 1430. The van der Waals surface area contributed by atoms with Gasteiger partial charge in [-0.05, 0) is 35.4 Å². The van der Waals surface area contributed by atoms with Crippen LogP contribution in [0.1, 0.15) is 23.2 Å². The molecule has 0 amide bonds. The second-order valence-electron chi connectivity index (χ2n) is 17.1. The maximum absolute atomic E-state index is 14.5. The minimum absolute atomic E-state index is 0.0274. The molecule has 2 saturated heterocycles. The molecule has 0 aliphatic carbocycles. The van der Waals surface area contributed by atoms with Gasteiger partial charge in [-0.1, -0.05) is 139 Å². The molecular formula is C36H52N2O2Si4. The maximum Gasteiger partial charge on any atom is 0.135 e. The molecule has 8 heteroatoms. The van der Waals surface area contributed by atoms with E-state index in [-0.39, 0.29) is 12.1 Å².